The molecule has 2 heterocycles. The number of rotatable bonds is 3. The molecule has 0 radical (unpaired) electrons. The van der Waals surface area contributed by atoms with E-state index in [1.54, 1.807) is 18.5 Å². The van der Waals surface area contributed by atoms with Crippen LogP contribution in [0.3, 0.4) is 0 Å². The van der Waals surface area contributed by atoms with E-state index in [1.165, 1.54) is 18.0 Å². The molecule has 78 valence electrons. The predicted molar refractivity (Wildman–Crippen MR) is 60.3 cm³/mol. The number of thioether (sulfide) groups is 1. The average molecular weight is 261 g/mol. The zero-order chi connectivity index (χ0) is 10.7. The van der Waals surface area contributed by atoms with E-state index in [9.17, 15) is 0 Å². The molecule has 2 rings (SSSR count). The van der Waals surface area contributed by atoms with E-state index in [0.29, 0.717) is 21.2 Å². The van der Waals surface area contributed by atoms with Gasteiger partial charge in [-0.2, -0.15) is 0 Å². The van der Waals surface area contributed by atoms with Crippen molar-refractivity contribution in [3.8, 4) is 0 Å². The summed E-state index contributed by atoms with van der Waals surface area (Å²) in [6.07, 6.45) is 4.79. The molecule has 15 heavy (non-hydrogen) atoms. The molecule has 6 heteroatoms. The summed E-state index contributed by atoms with van der Waals surface area (Å²) in [5, 5.41) is 1.61. The van der Waals surface area contributed by atoms with E-state index in [0.717, 1.165) is 5.56 Å². The summed E-state index contributed by atoms with van der Waals surface area (Å²) in [4.78, 5) is 7.94. The minimum Gasteiger partial charge on any atom is -0.440 e. The molecule has 0 unspecified atom stereocenters. The Morgan fingerprint density at radius 1 is 1.33 bits per heavy atom. The summed E-state index contributed by atoms with van der Waals surface area (Å²) in [5.74, 6) is 0.656. The highest BCUT2D eigenvalue weighted by atomic mass is 35.5. The summed E-state index contributed by atoms with van der Waals surface area (Å²) in [7, 11) is 0. The predicted octanol–water partition coefficient (Wildman–Crippen LogP) is 3.67. The van der Waals surface area contributed by atoms with Crippen LogP contribution in [0, 0.1) is 0 Å². The Labute approximate surface area is 101 Å². The van der Waals surface area contributed by atoms with Crippen LogP contribution in [-0.4, -0.2) is 9.97 Å². The van der Waals surface area contributed by atoms with Crippen molar-refractivity contribution in [2.24, 2.45) is 0 Å². The van der Waals surface area contributed by atoms with Crippen LogP contribution in [-0.2, 0) is 5.75 Å². The second-order valence-electron chi connectivity index (χ2n) is 2.69. The molecule has 2 aromatic heterocycles. The summed E-state index contributed by atoms with van der Waals surface area (Å²) in [5.41, 5.74) is 0.907. The fraction of sp³-hybridized carbons (Fsp3) is 0.111. The summed E-state index contributed by atoms with van der Waals surface area (Å²) in [6, 6.07) is 1.62. The number of oxazole rings is 1. The second-order valence-corrected chi connectivity index (χ2v) is 4.41. The Hall–Kier alpha value is -0.710. The Balaban J connectivity index is 2.05. The van der Waals surface area contributed by atoms with E-state index in [2.05, 4.69) is 9.97 Å². The maximum Gasteiger partial charge on any atom is 0.255 e. The monoisotopic (exact) mass is 260 g/mol. The van der Waals surface area contributed by atoms with Crippen LogP contribution in [0.5, 0.6) is 0 Å². The van der Waals surface area contributed by atoms with Crippen molar-refractivity contribution in [2.75, 3.05) is 0 Å². The van der Waals surface area contributed by atoms with Crippen molar-refractivity contribution in [3.63, 3.8) is 0 Å². The number of pyridine rings is 1. The Morgan fingerprint density at radius 3 is 2.87 bits per heavy atom. The fourth-order valence-electron chi connectivity index (χ4n) is 0.963. The van der Waals surface area contributed by atoms with Crippen LogP contribution in [0.2, 0.25) is 10.2 Å². The van der Waals surface area contributed by atoms with E-state index in [-0.39, 0.29) is 0 Å². The van der Waals surface area contributed by atoms with Gasteiger partial charge in [0, 0.05) is 17.0 Å². The lowest BCUT2D eigenvalue weighted by Crippen LogP contribution is -1.85. The second kappa shape index (κ2) is 4.88. The molecule has 0 aliphatic heterocycles. The van der Waals surface area contributed by atoms with Gasteiger partial charge in [0.25, 0.3) is 5.22 Å². The van der Waals surface area contributed by atoms with E-state index in [4.69, 9.17) is 27.6 Å². The molecule has 2 aromatic rings. The molecule has 0 aromatic carbocycles. The van der Waals surface area contributed by atoms with Gasteiger partial charge in [-0.25, -0.2) is 9.97 Å². The Morgan fingerprint density at radius 2 is 2.20 bits per heavy atom. The third-order valence-corrected chi connectivity index (χ3v) is 3.12. The van der Waals surface area contributed by atoms with Gasteiger partial charge in [-0.3, -0.25) is 0 Å². The molecule has 0 aliphatic carbocycles. The van der Waals surface area contributed by atoms with Gasteiger partial charge in [0.05, 0.1) is 6.20 Å². The zero-order valence-electron chi connectivity index (χ0n) is 7.48. The van der Waals surface area contributed by atoms with E-state index in [1.807, 2.05) is 0 Å². The first-order valence-electron chi connectivity index (χ1n) is 4.08. The minimum atomic E-state index is 0.393. The molecule has 0 N–H and O–H groups in total. The van der Waals surface area contributed by atoms with Crippen LogP contribution >= 0.6 is 35.0 Å². The van der Waals surface area contributed by atoms with Gasteiger partial charge in [-0.05, 0) is 11.6 Å². The molecule has 0 atom stereocenters. The number of halogens is 2. The Kier molecular flexibility index (Phi) is 3.51. The molecule has 0 spiro atoms. The molecular weight excluding hydrogens is 255 g/mol. The molecule has 0 aliphatic rings. The molecule has 3 nitrogen and oxygen atoms in total. The largest absolute Gasteiger partial charge is 0.440 e. The van der Waals surface area contributed by atoms with Crippen molar-refractivity contribution in [1.82, 2.24) is 9.97 Å². The lowest BCUT2D eigenvalue weighted by molar-refractivity contribution is 0.454. The number of hydrogen-bond acceptors (Lipinski definition) is 4. The first-order valence-corrected chi connectivity index (χ1v) is 5.82. The van der Waals surface area contributed by atoms with Gasteiger partial charge in [0.2, 0.25) is 0 Å². The molecule has 0 fully saturated rings. The molecular formula is C9H6Cl2N2OS. The molecule has 0 saturated heterocycles. The van der Waals surface area contributed by atoms with E-state index < -0.39 is 0 Å². The van der Waals surface area contributed by atoms with Crippen molar-refractivity contribution < 1.29 is 4.42 Å². The molecule has 0 amide bonds. The third-order valence-electron chi connectivity index (χ3n) is 1.66. The first kappa shape index (κ1) is 10.8. The van der Waals surface area contributed by atoms with Gasteiger partial charge in [0.1, 0.15) is 11.4 Å². The average Bonchev–Trinajstić information content (AvgIpc) is 2.69. The number of nitrogens with zero attached hydrogens (tertiary/aromatic N) is 2. The maximum absolute atomic E-state index is 5.98. The molecule has 0 bridgehead atoms. The van der Waals surface area contributed by atoms with Crippen LogP contribution < -0.4 is 0 Å². The summed E-state index contributed by atoms with van der Waals surface area (Å²) >= 11 is 13.1. The normalized spacial score (nSPS) is 10.5. The van der Waals surface area contributed by atoms with Gasteiger partial charge in [0.15, 0.2) is 0 Å². The van der Waals surface area contributed by atoms with Crippen LogP contribution in [0.4, 0.5) is 0 Å². The van der Waals surface area contributed by atoms with Gasteiger partial charge < -0.3 is 4.42 Å². The highest BCUT2D eigenvalue weighted by Crippen LogP contribution is 2.26. The van der Waals surface area contributed by atoms with Crippen LogP contribution in [0.15, 0.2) is 34.4 Å². The molecule has 0 saturated carbocycles. The Bertz CT molecular complexity index is 447. The summed E-state index contributed by atoms with van der Waals surface area (Å²) in [6.45, 7) is 0. The van der Waals surface area contributed by atoms with Gasteiger partial charge >= 0.3 is 0 Å². The van der Waals surface area contributed by atoms with Gasteiger partial charge in [-0.1, -0.05) is 35.0 Å². The summed E-state index contributed by atoms with van der Waals surface area (Å²) < 4.78 is 5.08. The standard InChI is InChI=1S/C9H6Cl2N2OS/c10-7-3-8(11)13-4-6(7)5-15-9-12-1-2-14-9/h1-4H,5H2. The highest BCUT2D eigenvalue weighted by molar-refractivity contribution is 7.98. The highest BCUT2D eigenvalue weighted by Gasteiger charge is 2.05. The lowest BCUT2D eigenvalue weighted by atomic mass is 10.3. The number of hydrogen-bond donors (Lipinski definition) is 0. The first-order chi connectivity index (χ1) is 7.25. The lowest BCUT2D eigenvalue weighted by Gasteiger charge is -2.01. The minimum absolute atomic E-state index is 0.393. The zero-order valence-corrected chi connectivity index (χ0v) is 9.81. The number of aromatic nitrogens is 2. The van der Waals surface area contributed by atoms with Gasteiger partial charge in [-0.15, -0.1) is 0 Å². The van der Waals surface area contributed by atoms with Crippen molar-refractivity contribution in [1.29, 1.82) is 0 Å². The quantitative estimate of drug-likeness (QED) is 0.624. The van der Waals surface area contributed by atoms with E-state index >= 15 is 0 Å². The van der Waals surface area contributed by atoms with Crippen LogP contribution in [0.1, 0.15) is 5.56 Å². The SMILES string of the molecule is Clc1cc(Cl)c(CSc2ncco2)cn1. The smallest absolute Gasteiger partial charge is 0.255 e. The third kappa shape index (κ3) is 2.87. The van der Waals surface area contributed by atoms with Crippen molar-refractivity contribution in [3.05, 3.63) is 40.5 Å². The maximum atomic E-state index is 5.98. The van der Waals surface area contributed by atoms with Crippen LogP contribution in [0.25, 0.3) is 0 Å². The van der Waals surface area contributed by atoms with Crippen molar-refractivity contribution in [2.45, 2.75) is 11.0 Å². The topological polar surface area (TPSA) is 38.9 Å². The fourth-order valence-corrected chi connectivity index (χ4v) is 2.24. The van der Waals surface area contributed by atoms with Crippen molar-refractivity contribution >= 4 is 35.0 Å².